The number of phenols is 1. The first kappa shape index (κ1) is 14.5. The van der Waals surface area contributed by atoms with Crippen LogP contribution in [0.15, 0.2) is 48.5 Å². The average molecular weight is 331 g/mol. The van der Waals surface area contributed by atoms with Gasteiger partial charge in [-0.3, -0.25) is 0 Å². The number of hydrogen-bond acceptors (Lipinski definition) is 2. The van der Waals surface area contributed by atoms with Gasteiger partial charge in [0.05, 0.1) is 1.37 Å². The summed E-state index contributed by atoms with van der Waals surface area (Å²) in [6.45, 7) is 2.61. The van der Waals surface area contributed by atoms with Crippen LogP contribution < -0.4 is 0 Å². The molecule has 2 nitrogen and oxygen atoms in total. The first-order valence-corrected chi connectivity index (χ1v) is 5.73. The zero-order chi connectivity index (χ0) is 13.8. The maximum atomic E-state index is 9.77. The Balaban J connectivity index is 0.00000200. The van der Waals surface area contributed by atoms with Crippen molar-refractivity contribution < 1.29 is 44.3 Å². The molecule has 0 saturated heterocycles. The summed E-state index contributed by atoms with van der Waals surface area (Å²) in [5.74, 6) is -0.392. The van der Waals surface area contributed by atoms with E-state index >= 15 is 0 Å². The second-order valence-corrected chi connectivity index (χ2v) is 4.10. The predicted octanol–water partition coefficient (Wildman–Crippen LogP) is 2.90. The molecular weight excluding hydrogens is 313 g/mol. The Hall–Kier alpha value is -0.956. The number of aromatic hydroxyl groups is 1. The molecule has 2 N–H and O–H groups in total. The number of para-hydroxylation sites is 1. The Morgan fingerprint density at radius 2 is 1.79 bits per heavy atom. The molecule has 0 aliphatic heterocycles. The molecule has 0 bridgehead atoms. The summed E-state index contributed by atoms with van der Waals surface area (Å²) in [7, 11) is 0. The van der Waals surface area contributed by atoms with E-state index in [1.54, 1.807) is 30.7 Å². The standard InChI is InChI=1S/C16H16O2.Y/c1-12-6-2-4-8-15(12)14(11-17)10-13-7-3-5-9-16(13)18;/h2-10,14,17-18H,1,11H2;/q-2;/i11T;. The molecule has 0 aliphatic carbocycles. The van der Waals surface area contributed by atoms with Gasteiger partial charge in [0.1, 0.15) is 0 Å². The van der Waals surface area contributed by atoms with Crippen molar-refractivity contribution in [3.8, 4) is 5.75 Å². The molecule has 2 rings (SSSR count). The van der Waals surface area contributed by atoms with E-state index < -0.39 is 12.5 Å². The van der Waals surface area contributed by atoms with E-state index in [9.17, 15) is 10.2 Å². The summed E-state index contributed by atoms with van der Waals surface area (Å²) < 4.78 is 7.60. The topological polar surface area (TPSA) is 40.5 Å². The first-order chi connectivity index (χ1) is 9.09. The van der Waals surface area contributed by atoms with Crippen LogP contribution in [0.25, 0.3) is 0 Å². The summed E-state index contributed by atoms with van der Waals surface area (Å²) in [5.41, 5.74) is 2.15. The van der Waals surface area contributed by atoms with Crippen LogP contribution in [0.2, 0.25) is 0 Å². The van der Waals surface area contributed by atoms with E-state index in [0.717, 1.165) is 11.1 Å². The van der Waals surface area contributed by atoms with Crippen LogP contribution in [-0.4, -0.2) is 16.8 Å². The fourth-order valence-corrected chi connectivity index (χ4v) is 1.89. The zero-order valence-corrected chi connectivity index (χ0v) is 13.4. The van der Waals surface area contributed by atoms with Gasteiger partial charge in [-0.2, -0.15) is 42.2 Å². The Morgan fingerprint density at radius 3 is 2.42 bits per heavy atom. The molecule has 1 radical (unpaired) electrons. The fourth-order valence-electron chi connectivity index (χ4n) is 1.89. The van der Waals surface area contributed by atoms with Crippen molar-refractivity contribution in [3.63, 3.8) is 0 Å². The SMILES string of the molecule is [3H]C(O)C([CH-]c1ccccc1O)c1ccccc1[CH2-].[Y]. The van der Waals surface area contributed by atoms with E-state index in [0.29, 0.717) is 5.56 Å². The summed E-state index contributed by atoms with van der Waals surface area (Å²) >= 11 is 0. The average Bonchev–Trinajstić information content (AvgIpc) is 2.38. The van der Waals surface area contributed by atoms with E-state index in [4.69, 9.17) is 1.37 Å². The Morgan fingerprint density at radius 1 is 1.16 bits per heavy atom. The van der Waals surface area contributed by atoms with Crippen LogP contribution in [0, 0.1) is 13.3 Å². The second-order valence-electron chi connectivity index (χ2n) is 4.10. The summed E-state index contributed by atoms with van der Waals surface area (Å²) in [4.78, 5) is 0. The molecule has 0 saturated carbocycles. The van der Waals surface area contributed by atoms with Gasteiger partial charge in [-0.25, -0.2) is 0 Å². The van der Waals surface area contributed by atoms with E-state index in [2.05, 4.69) is 6.92 Å². The van der Waals surface area contributed by atoms with Crippen LogP contribution in [0.3, 0.4) is 0 Å². The van der Waals surface area contributed by atoms with Gasteiger partial charge in [0.2, 0.25) is 0 Å². The van der Waals surface area contributed by atoms with Gasteiger partial charge in [-0.05, 0) is 0 Å². The van der Waals surface area contributed by atoms with Gasteiger partial charge in [0.25, 0.3) is 0 Å². The molecule has 0 aliphatic rings. The van der Waals surface area contributed by atoms with Crippen molar-refractivity contribution in [1.82, 2.24) is 0 Å². The van der Waals surface area contributed by atoms with Crippen LogP contribution in [0.1, 0.15) is 24.0 Å². The first-order valence-electron chi connectivity index (χ1n) is 6.31. The molecule has 2 unspecified atom stereocenters. The van der Waals surface area contributed by atoms with Crippen molar-refractivity contribution in [3.05, 3.63) is 78.6 Å². The molecule has 0 amide bonds. The van der Waals surface area contributed by atoms with Crippen LogP contribution in [0.5, 0.6) is 5.75 Å². The van der Waals surface area contributed by atoms with Crippen molar-refractivity contribution in [2.45, 2.75) is 5.92 Å². The van der Waals surface area contributed by atoms with E-state index in [1.165, 1.54) is 0 Å². The molecular formula is C16H16O2Y-2. The number of rotatable bonds is 4. The number of aliphatic hydroxyl groups is 1. The van der Waals surface area contributed by atoms with E-state index in [1.807, 2.05) is 24.3 Å². The summed E-state index contributed by atoms with van der Waals surface area (Å²) in [5, 5.41) is 19.4. The van der Waals surface area contributed by atoms with Crippen LogP contribution >= 0.6 is 0 Å². The molecule has 97 valence electrons. The maximum absolute atomic E-state index is 9.77. The minimum absolute atomic E-state index is 0. The van der Waals surface area contributed by atoms with E-state index in [-0.39, 0.29) is 38.5 Å². The Labute approximate surface area is 140 Å². The molecule has 19 heavy (non-hydrogen) atoms. The monoisotopic (exact) mass is 331 g/mol. The minimum Gasteiger partial charge on any atom is -0.565 e. The molecule has 2 atom stereocenters. The zero-order valence-electron chi connectivity index (χ0n) is 11.5. The number of phenolic OH excluding ortho intramolecular Hbond substituents is 1. The minimum atomic E-state index is -1.30. The van der Waals surface area contributed by atoms with Gasteiger partial charge >= 0.3 is 0 Å². The quantitative estimate of drug-likeness (QED) is 0.846. The fraction of sp³-hybridized carbons (Fsp3) is 0.125. The van der Waals surface area contributed by atoms with Gasteiger partial charge < -0.3 is 10.2 Å². The maximum Gasteiger partial charge on any atom is 0.0552 e. The van der Waals surface area contributed by atoms with Gasteiger partial charge in [0, 0.05) is 45.0 Å². The van der Waals surface area contributed by atoms with Crippen molar-refractivity contribution in [1.29, 1.82) is 0 Å². The van der Waals surface area contributed by atoms with Crippen molar-refractivity contribution in [2.75, 3.05) is 6.58 Å². The van der Waals surface area contributed by atoms with Crippen molar-refractivity contribution >= 4 is 0 Å². The third-order valence-corrected chi connectivity index (χ3v) is 2.87. The number of hydrogen-bond donors (Lipinski definition) is 2. The second kappa shape index (κ2) is 7.59. The third-order valence-electron chi connectivity index (χ3n) is 2.87. The van der Waals surface area contributed by atoms with Crippen LogP contribution in [0.4, 0.5) is 0 Å². The molecule has 0 aromatic heterocycles. The molecule has 2 aromatic carbocycles. The largest absolute Gasteiger partial charge is 0.565 e. The van der Waals surface area contributed by atoms with Crippen molar-refractivity contribution in [2.24, 2.45) is 0 Å². The predicted molar refractivity (Wildman–Crippen MR) is 72.2 cm³/mol. The molecule has 3 heteroatoms. The van der Waals surface area contributed by atoms with Gasteiger partial charge in [-0.15, -0.1) is 18.2 Å². The molecule has 0 heterocycles. The Bertz CT molecular complexity index is 558. The van der Waals surface area contributed by atoms with Crippen LogP contribution in [-0.2, 0) is 32.7 Å². The number of benzene rings is 2. The normalized spacial score (nSPS) is 13.8. The third kappa shape index (κ3) is 4.00. The molecule has 0 fully saturated rings. The molecule has 2 aromatic rings. The smallest absolute Gasteiger partial charge is 0.0552 e. The van der Waals surface area contributed by atoms with Gasteiger partial charge in [0.15, 0.2) is 0 Å². The summed E-state index contributed by atoms with van der Waals surface area (Å²) in [6.07, 6.45) is 1.69. The summed E-state index contributed by atoms with van der Waals surface area (Å²) in [6, 6.07) is 14.2. The van der Waals surface area contributed by atoms with Gasteiger partial charge in [-0.1, -0.05) is 24.1 Å². The Kier molecular flexibility index (Phi) is 5.77. The number of aliphatic hydroxyl groups excluding tert-OH is 1. The molecule has 0 spiro atoms.